The Hall–Kier alpha value is -2.89. The SMILES string of the molecule is COC(=O)[C@@]1(c2cccc(F)c2C)CC[C@H](Oc2ccc3cnn(C)c3c2)C1. The molecule has 0 unspecified atom stereocenters. The van der Waals surface area contributed by atoms with E-state index in [1.165, 1.54) is 13.2 Å². The van der Waals surface area contributed by atoms with Crippen molar-refractivity contribution in [3.8, 4) is 5.75 Å². The third-order valence-corrected chi connectivity index (χ3v) is 5.85. The lowest BCUT2D eigenvalue weighted by Crippen LogP contribution is -2.36. The second-order valence-electron chi connectivity index (χ2n) is 7.46. The van der Waals surface area contributed by atoms with E-state index in [0.717, 1.165) is 16.7 Å². The molecule has 1 fully saturated rings. The van der Waals surface area contributed by atoms with Crippen LogP contribution in [0.3, 0.4) is 0 Å². The quantitative estimate of drug-likeness (QED) is 0.639. The van der Waals surface area contributed by atoms with Crippen molar-refractivity contribution in [2.45, 2.75) is 37.7 Å². The van der Waals surface area contributed by atoms with Crippen LogP contribution < -0.4 is 4.74 Å². The molecule has 0 bridgehead atoms. The van der Waals surface area contributed by atoms with E-state index in [0.29, 0.717) is 30.4 Å². The van der Waals surface area contributed by atoms with Crippen molar-refractivity contribution >= 4 is 16.9 Å². The van der Waals surface area contributed by atoms with Crippen molar-refractivity contribution in [1.29, 1.82) is 0 Å². The number of hydrogen-bond donors (Lipinski definition) is 0. The molecule has 5 nitrogen and oxygen atoms in total. The van der Waals surface area contributed by atoms with Gasteiger partial charge in [-0.2, -0.15) is 5.10 Å². The molecule has 0 saturated heterocycles. The van der Waals surface area contributed by atoms with Gasteiger partial charge in [-0.05, 0) is 49.1 Å². The fraction of sp³-hybridized carbons (Fsp3) is 0.364. The van der Waals surface area contributed by atoms with Crippen molar-refractivity contribution in [3.05, 3.63) is 59.5 Å². The molecule has 1 aromatic heterocycles. The minimum Gasteiger partial charge on any atom is -0.490 e. The molecule has 2 aromatic carbocycles. The zero-order chi connectivity index (χ0) is 19.9. The maximum atomic E-state index is 14.2. The predicted octanol–water partition coefficient (Wildman–Crippen LogP) is 4.06. The first-order chi connectivity index (χ1) is 13.4. The zero-order valence-electron chi connectivity index (χ0n) is 16.2. The molecule has 0 aliphatic heterocycles. The fourth-order valence-electron chi connectivity index (χ4n) is 4.35. The summed E-state index contributed by atoms with van der Waals surface area (Å²) >= 11 is 0. The van der Waals surface area contributed by atoms with Crippen LogP contribution in [-0.4, -0.2) is 29.0 Å². The molecule has 1 aliphatic rings. The summed E-state index contributed by atoms with van der Waals surface area (Å²) in [6.45, 7) is 1.71. The molecule has 4 rings (SSSR count). The Kier molecular flexibility index (Phi) is 4.57. The summed E-state index contributed by atoms with van der Waals surface area (Å²) in [6.07, 6.45) is 3.35. The highest BCUT2D eigenvalue weighted by molar-refractivity contribution is 5.84. The van der Waals surface area contributed by atoms with Crippen molar-refractivity contribution < 1.29 is 18.7 Å². The van der Waals surface area contributed by atoms with Gasteiger partial charge in [0.05, 0.1) is 24.2 Å². The number of carbonyl (C=O) groups is 1. The molecule has 0 amide bonds. The molecule has 0 radical (unpaired) electrons. The van der Waals surface area contributed by atoms with Gasteiger partial charge in [0.25, 0.3) is 0 Å². The lowest BCUT2D eigenvalue weighted by Gasteiger charge is -2.28. The van der Waals surface area contributed by atoms with Gasteiger partial charge >= 0.3 is 5.97 Å². The van der Waals surface area contributed by atoms with E-state index in [-0.39, 0.29) is 17.9 Å². The van der Waals surface area contributed by atoms with Gasteiger partial charge in [-0.15, -0.1) is 0 Å². The Bertz CT molecular complexity index is 1050. The number of nitrogens with zero attached hydrogens (tertiary/aromatic N) is 2. The first kappa shape index (κ1) is 18.5. The van der Waals surface area contributed by atoms with E-state index in [1.807, 2.05) is 37.5 Å². The van der Waals surface area contributed by atoms with Crippen LogP contribution in [0.25, 0.3) is 10.9 Å². The van der Waals surface area contributed by atoms with Gasteiger partial charge in [-0.25, -0.2) is 4.39 Å². The molecular weight excluding hydrogens is 359 g/mol. The lowest BCUT2D eigenvalue weighted by molar-refractivity contribution is -0.147. The molecule has 0 N–H and O–H groups in total. The molecule has 2 atom stereocenters. The summed E-state index contributed by atoms with van der Waals surface area (Å²) in [7, 11) is 3.26. The molecule has 1 heterocycles. The number of esters is 1. The predicted molar refractivity (Wildman–Crippen MR) is 104 cm³/mol. The van der Waals surface area contributed by atoms with Gasteiger partial charge in [-0.3, -0.25) is 9.48 Å². The number of benzene rings is 2. The number of fused-ring (bicyclic) bond motifs is 1. The molecule has 28 heavy (non-hydrogen) atoms. The third kappa shape index (κ3) is 2.93. The summed E-state index contributed by atoms with van der Waals surface area (Å²) in [5, 5.41) is 5.29. The molecule has 0 spiro atoms. The molecule has 3 aromatic rings. The smallest absolute Gasteiger partial charge is 0.316 e. The number of hydrogen-bond acceptors (Lipinski definition) is 4. The monoisotopic (exact) mass is 382 g/mol. The van der Waals surface area contributed by atoms with Crippen molar-refractivity contribution in [1.82, 2.24) is 9.78 Å². The van der Waals surface area contributed by atoms with Gasteiger partial charge in [0, 0.05) is 24.9 Å². The van der Waals surface area contributed by atoms with E-state index in [2.05, 4.69) is 5.10 Å². The van der Waals surface area contributed by atoms with E-state index in [4.69, 9.17) is 9.47 Å². The van der Waals surface area contributed by atoms with Gasteiger partial charge in [0.2, 0.25) is 0 Å². The number of rotatable bonds is 4. The summed E-state index contributed by atoms with van der Waals surface area (Å²) in [4.78, 5) is 12.8. The van der Waals surface area contributed by atoms with Crippen LogP contribution in [0.5, 0.6) is 5.75 Å². The van der Waals surface area contributed by atoms with E-state index in [1.54, 1.807) is 17.7 Å². The fourth-order valence-corrected chi connectivity index (χ4v) is 4.35. The van der Waals surface area contributed by atoms with Crippen LogP contribution >= 0.6 is 0 Å². The number of ether oxygens (including phenoxy) is 2. The number of aryl methyl sites for hydroxylation is 1. The van der Waals surface area contributed by atoms with Crippen LogP contribution in [0, 0.1) is 12.7 Å². The Morgan fingerprint density at radius 3 is 2.93 bits per heavy atom. The highest BCUT2D eigenvalue weighted by Crippen LogP contribution is 2.45. The number of aromatic nitrogens is 2. The Labute approximate surface area is 163 Å². The summed E-state index contributed by atoms with van der Waals surface area (Å²) in [5.41, 5.74) is 1.27. The van der Waals surface area contributed by atoms with Gasteiger partial charge in [0.15, 0.2) is 0 Å². The van der Waals surface area contributed by atoms with Gasteiger partial charge in [0.1, 0.15) is 17.7 Å². The van der Waals surface area contributed by atoms with E-state index >= 15 is 0 Å². The standard InChI is InChI=1S/C22H23FN2O3/c1-14-18(5-4-6-19(14)23)22(21(26)27-3)10-9-17(12-22)28-16-8-7-15-13-24-25(2)20(15)11-16/h4-8,11,13,17H,9-10,12H2,1-3H3/t17-,22-/m0/s1. The molecule has 1 saturated carbocycles. The van der Waals surface area contributed by atoms with Crippen LogP contribution in [0.4, 0.5) is 4.39 Å². The van der Waals surface area contributed by atoms with Crippen molar-refractivity contribution in [2.24, 2.45) is 7.05 Å². The number of halogens is 1. The minimum absolute atomic E-state index is 0.160. The van der Waals surface area contributed by atoms with Crippen LogP contribution in [0.1, 0.15) is 30.4 Å². The van der Waals surface area contributed by atoms with Crippen LogP contribution in [0.15, 0.2) is 42.6 Å². The van der Waals surface area contributed by atoms with E-state index in [9.17, 15) is 9.18 Å². The van der Waals surface area contributed by atoms with Crippen molar-refractivity contribution in [2.75, 3.05) is 7.11 Å². The highest BCUT2D eigenvalue weighted by atomic mass is 19.1. The lowest BCUT2D eigenvalue weighted by atomic mass is 9.76. The second kappa shape index (κ2) is 6.93. The molecule has 1 aliphatic carbocycles. The van der Waals surface area contributed by atoms with Crippen LogP contribution in [-0.2, 0) is 22.0 Å². The van der Waals surface area contributed by atoms with Crippen LogP contribution in [0.2, 0.25) is 0 Å². The Morgan fingerprint density at radius 2 is 2.14 bits per heavy atom. The highest BCUT2D eigenvalue weighted by Gasteiger charge is 2.49. The van der Waals surface area contributed by atoms with E-state index < -0.39 is 5.41 Å². The largest absolute Gasteiger partial charge is 0.490 e. The Balaban J connectivity index is 1.64. The third-order valence-electron chi connectivity index (χ3n) is 5.85. The summed E-state index contributed by atoms with van der Waals surface area (Å²) in [5.74, 6) is 0.0823. The van der Waals surface area contributed by atoms with Crippen molar-refractivity contribution in [3.63, 3.8) is 0 Å². The normalized spacial score (nSPS) is 21.8. The van der Waals surface area contributed by atoms with Gasteiger partial charge in [-0.1, -0.05) is 12.1 Å². The average molecular weight is 382 g/mol. The maximum Gasteiger partial charge on any atom is 0.316 e. The number of carbonyl (C=O) groups excluding carboxylic acids is 1. The second-order valence-corrected chi connectivity index (χ2v) is 7.46. The topological polar surface area (TPSA) is 53.4 Å². The number of methoxy groups -OCH3 is 1. The molecule has 6 heteroatoms. The minimum atomic E-state index is -0.887. The summed E-state index contributed by atoms with van der Waals surface area (Å²) < 4.78 is 27.3. The molecular formula is C22H23FN2O3. The average Bonchev–Trinajstić information content (AvgIpc) is 3.28. The first-order valence-corrected chi connectivity index (χ1v) is 9.37. The first-order valence-electron chi connectivity index (χ1n) is 9.37. The van der Waals surface area contributed by atoms with Gasteiger partial charge < -0.3 is 9.47 Å². The summed E-state index contributed by atoms with van der Waals surface area (Å²) in [6, 6.07) is 10.7. The maximum absolute atomic E-state index is 14.2. The molecule has 146 valence electrons. The zero-order valence-corrected chi connectivity index (χ0v) is 16.2. The Morgan fingerprint density at radius 1 is 1.32 bits per heavy atom.